The van der Waals surface area contributed by atoms with Gasteiger partial charge in [0.25, 0.3) is 0 Å². The fourth-order valence-electron chi connectivity index (χ4n) is 2.16. The molecular formula is C13H18N2O2S. The molecule has 2 N–H and O–H groups in total. The summed E-state index contributed by atoms with van der Waals surface area (Å²) >= 11 is 5.26. The van der Waals surface area contributed by atoms with Crippen LogP contribution in [-0.4, -0.2) is 41.4 Å². The van der Waals surface area contributed by atoms with Crippen LogP contribution in [0, 0.1) is 0 Å². The molecule has 1 saturated heterocycles. The Morgan fingerprint density at radius 2 is 2.17 bits per heavy atom. The number of hydrogen-bond acceptors (Lipinski definition) is 3. The van der Waals surface area contributed by atoms with Gasteiger partial charge in [-0.2, -0.15) is 0 Å². The lowest BCUT2D eigenvalue weighted by Crippen LogP contribution is -2.35. The van der Waals surface area contributed by atoms with Crippen molar-refractivity contribution in [2.45, 2.75) is 19.1 Å². The van der Waals surface area contributed by atoms with Crippen molar-refractivity contribution in [1.82, 2.24) is 10.2 Å². The minimum Gasteiger partial charge on any atom is -0.497 e. The number of thiocarbonyl (C=S) groups is 1. The normalized spacial score (nSPS) is 20.7. The standard InChI is InChI=1S/C13H18N2O2S/c1-9(16)8-15-12(7-14-13(15)18)10-3-5-11(17-2)6-4-10/h3-6,9,12,16H,7-8H2,1-2H3,(H,14,18). The first-order valence-electron chi connectivity index (χ1n) is 5.98. The lowest BCUT2D eigenvalue weighted by molar-refractivity contribution is 0.150. The monoisotopic (exact) mass is 266 g/mol. The van der Waals surface area contributed by atoms with Gasteiger partial charge in [-0.05, 0) is 36.8 Å². The Morgan fingerprint density at radius 1 is 1.50 bits per heavy atom. The highest BCUT2D eigenvalue weighted by Gasteiger charge is 2.29. The Balaban J connectivity index is 2.17. The predicted molar refractivity (Wildman–Crippen MR) is 74.7 cm³/mol. The van der Waals surface area contributed by atoms with Gasteiger partial charge >= 0.3 is 0 Å². The van der Waals surface area contributed by atoms with E-state index in [2.05, 4.69) is 5.32 Å². The van der Waals surface area contributed by atoms with Crippen molar-refractivity contribution < 1.29 is 9.84 Å². The predicted octanol–water partition coefficient (Wildman–Crippen LogP) is 1.31. The zero-order valence-corrected chi connectivity index (χ0v) is 11.4. The highest BCUT2D eigenvalue weighted by atomic mass is 32.1. The molecule has 1 fully saturated rings. The van der Waals surface area contributed by atoms with Crippen LogP contribution in [0.2, 0.25) is 0 Å². The summed E-state index contributed by atoms with van der Waals surface area (Å²) in [6.45, 7) is 3.09. The summed E-state index contributed by atoms with van der Waals surface area (Å²) in [6, 6.07) is 8.13. The molecule has 2 unspecified atom stereocenters. The first-order chi connectivity index (χ1) is 8.61. The first-order valence-corrected chi connectivity index (χ1v) is 6.39. The van der Waals surface area contributed by atoms with Crippen LogP contribution in [-0.2, 0) is 0 Å². The zero-order valence-electron chi connectivity index (χ0n) is 10.6. The smallest absolute Gasteiger partial charge is 0.169 e. The number of hydrogen-bond donors (Lipinski definition) is 2. The molecule has 0 bridgehead atoms. The van der Waals surface area contributed by atoms with Crippen molar-refractivity contribution in [2.24, 2.45) is 0 Å². The van der Waals surface area contributed by atoms with Crippen molar-refractivity contribution in [1.29, 1.82) is 0 Å². The molecule has 5 heteroatoms. The van der Waals surface area contributed by atoms with Crippen molar-refractivity contribution >= 4 is 17.3 Å². The van der Waals surface area contributed by atoms with E-state index in [9.17, 15) is 5.11 Å². The number of benzene rings is 1. The van der Waals surface area contributed by atoms with Gasteiger partial charge in [0.2, 0.25) is 0 Å². The van der Waals surface area contributed by atoms with E-state index in [0.717, 1.165) is 12.3 Å². The second-order valence-corrected chi connectivity index (χ2v) is 4.86. The lowest BCUT2D eigenvalue weighted by Gasteiger charge is -2.26. The molecular weight excluding hydrogens is 248 g/mol. The Kier molecular flexibility index (Phi) is 4.04. The molecule has 1 aromatic rings. The van der Waals surface area contributed by atoms with Crippen LogP contribution in [0.1, 0.15) is 18.5 Å². The largest absolute Gasteiger partial charge is 0.497 e. The number of aliphatic hydroxyl groups excluding tert-OH is 1. The molecule has 2 rings (SSSR count). The van der Waals surface area contributed by atoms with Crippen LogP contribution in [0.5, 0.6) is 5.75 Å². The minimum absolute atomic E-state index is 0.179. The summed E-state index contributed by atoms with van der Waals surface area (Å²) in [6.07, 6.45) is -0.399. The SMILES string of the molecule is COc1ccc(C2CNC(=S)N2CC(C)O)cc1. The summed E-state index contributed by atoms with van der Waals surface area (Å²) in [4.78, 5) is 2.03. The number of nitrogens with one attached hydrogen (secondary N) is 1. The van der Waals surface area contributed by atoms with E-state index in [1.54, 1.807) is 14.0 Å². The highest BCUT2D eigenvalue weighted by molar-refractivity contribution is 7.80. The summed E-state index contributed by atoms with van der Waals surface area (Å²) in [7, 11) is 1.65. The van der Waals surface area contributed by atoms with Gasteiger partial charge in [0, 0.05) is 13.1 Å². The number of ether oxygens (including phenoxy) is 1. The molecule has 4 nitrogen and oxygen atoms in total. The number of methoxy groups -OCH3 is 1. The van der Waals surface area contributed by atoms with Gasteiger partial charge in [-0.25, -0.2) is 0 Å². The Hall–Kier alpha value is -1.33. The molecule has 0 spiro atoms. The van der Waals surface area contributed by atoms with Gasteiger partial charge in [0.15, 0.2) is 5.11 Å². The van der Waals surface area contributed by atoms with Crippen LogP contribution in [0.4, 0.5) is 0 Å². The fraction of sp³-hybridized carbons (Fsp3) is 0.462. The molecule has 0 saturated carbocycles. The van der Waals surface area contributed by atoms with E-state index in [4.69, 9.17) is 17.0 Å². The maximum atomic E-state index is 9.53. The van der Waals surface area contributed by atoms with Crippen molar-refractivity contribution in [3.8, 4) is 5.75 Å². The molecule has 1 aliphatic rings. The number of rotatable bonds is 4. The van der Waals surface area contributed by atoms with Crippen LogP contribution in [0.25, 0.3) is 0 Å². The molecule has 18 heavy (non-hydrogen) atoms. The molecule has 1 heterocycles. The van der Waals surface area contributed by atoms with Gasteiger partial charge in [-0.15, -0.1) is 0 Å². The third kappa shape index (κ3) is 2.73. The maximum Gasteiger partial charge on any atom is 0.169 e. The van der Waals surface area contributed by atoms with Gasteiger partial charge in [0.1, 0.15) is 5.75 Å². The van der Waals surface area contributed by atoms with Crippen LogP contribution >= 0.6 is 12.2 Å². The second-order valence-electron chi connectivity index (χ2n) is 4.48. The third-order valence-corrected chi connectivity index (χ3v) is 3.42. The van der Waals surface area contributed by atoms with Crippen LogP contribution in [0.15, 0.2) is 24.3 Å². The summed E-state index contributed by atoms with van der Waals surface area (Å²) in [5.41, 5.74) is 1.17. The molecule has 0 amide bonds. The summed E-state index contributed by atoms with van der Waals surface area (Å²) < 4.78 is 5.15. The fourth-order valence-corrected chi connectivity index (χ4v) is 2.44. The topological polar surface area (TPSA) is 44.7 Å². The minimum atomic E-state index is -0.399. The molecule has 0 radical (unpaired) electrons. The molecule has 1 aromatic carbocycles. The van der Waals surface area contributed by atoms with Gasteiger partial charge in [-0.3, -0.25) is 0 Å². The average molecular weight is 266 g/mol. The van der Waals surface area contributed by atoms with E-state index in [1.165, 1.54) is 5.56 Å². The molecule has 1 aliphatic heterocycles. The van der Waals surface area contributed by atoms with Crippen molar-refractivity contribution in [3.63, 3.8) is 0 Å². The molecule has 98 valence electrons. The first kappa shape index (κ1) is 13.1. The van der Waals surface area contributed by atoms with E-state index in [0.29, 0.717) is 11.7 Å². The molecule has 2 atom stereocenters. The van der Waals surface area contributed by atoms with E-state index in [1.807, 2.05) is 29.2 Å². The van der Waals surface area contributed by atoms with Crippen LogP contribution in [0.3, 0.4) is 0 Å². The van der Waals surface area contributed by atoms with Crippen molar-refractivity contribution in [2.75, 3.05) is 20.2 Å². The maximum absolute atomic E-state index is 9.53. The highest BCUT2D eigenvalue weighted by Crippen LogP contribution is 2.26. The van der Waals surface area contributed by atoms with Crippen LogP contribution < -0.4 is 10.1 Å². The Bertz CT molecular complexity index is 420. The number of nitrogens with zero attached hydrogens (tertiary/aromatic N) is 1. The van der Waals surface area contributed by atoms with Crippen molar-refractivity contribution in [3.05, 3.63) is 29.8 Å². The Morgan fingerprint density at radius 3 is 2.72 bits per heavy atom. The summed E-state index contributed by atoms with van der Waals surface area (Å²) in [5.74, 6) is 0.842. The average Bonchev–Trinajstić information content (AvgIpc) is 2.71. The quantitative estimate of drug-likeness (QED) is 0.805. The van der Waals surface area contributed by atoms with Gasteiger partial charge < -0.3 is 20.1 Å². The number of β-amino-alcohol motifs (C(OH)–C–C–N with tert-alkyl or cyclic N) is 1. The second kappa shape index (κ2) is 5.54. The lowest BCUT2D eigenvalue weighted by atomic mass is 10.1. The van der Waals surface area contributed by atoms with E-state index >= 15 is 0 Å². The Labute approximate surface area is 113 Å². The third-order valence-electron chi connectivity index (χ3n) is 3.05. The summed E-state index contributed by atoms with van der Waals surface area (Å²) in [5, 5.41) is 13.4. The molecule has 0 aliphatic carbocycles. The van der Waals surface area contributed by atoms with Gasteiger partial charge in [0.05, 0.1) is 19.3 Å². The zero-order chi connectivity index (χ0) is 13.1. The van der Waals surface area contributed by atoms with E-state index < -0.39 is 6.10 Å². The number of aliphatic hydroxyl groups is 1. The van der Waals surface area contributed by atoms with Gasteiger partial charge in [-0.1, -0.05) is 12.1 Å². The van der Waals surface area contributed by atoms with E-state index in [-0.39, 0.29) is 6.04 Å². The molecule has 0 aromatic heterocycles.